The molecule has 0 amide bonds. The highest BCUT2D eigenvalue weighted by Gasteiger charge is 2.28. The van der Waals surface area contributed by atoms with E-state index in [0.717, 1.165) is 0 Å². The predicted molar refractivity (Wildman–Crippen MR) is 42.3 cm³/mol. The van der Waals surface area contributed by atoms with E-state index in [1.807, 2.05) is 0 Å². The topological polar surface area (TPSA) is 46.0 Å². The van der Waals surface area contributed by atoms with Crippen molar-refractivity contribution in [3.63, 3.8) is 0 Å². The molecule has 0 fully saturated rings. The van der Waals surface area contributed by atoms with E-state index in [2.05, 4.69) is 9.97 Å². The molecule has 1 aromatic rings. The minimum Gasteiger partial charge on any atom is -0.387 e. The van der Waals surface area contributed by atoms with Crippen LogP contribution in [0.3, 0.4) is 0 Å². The summed E-state index contributed by atoms with van der Waals surface area (Å²) in [5.74, 6) is 0. The lowest BCUT2D eigenvalue weighted by atomic mass is 10.1. The number of alkyl halides is 3. The van der Waals surface area contributed by atoms with Crippen LogP contribution in [0, 0.1) is 0 Å². The number of hydrogen-bond acceptors (Lipinski definition) is 3. The second-order valence-corrected chi connectivity index (χ2v) is 2.80. The number of aliphatic hydroxyl groups is 1. The molecule has 1 unspecified atom stereocenters. The van der Waals surface area contributed by atoms with Gasteiger partial charge >= 0.3 is 6.18 Å². The Balaban J connectivity index is 2.48. The third-order valence-corrected chi connectivity index (χ3v) is 1.65. The first kappa shape index (κ1) is 10.9. The Hall–Kier alpha value is -1.17. The molecule has 0 spiro atoms. The fraction of sp³-hybridized carbons (Fsp3) is 0.500. The lowest BCUT2D eigenvalue weighted by Crippen LogP contribution is -2.10. The molecule has 1 atom stereocenters. The summed E-state index contributed by atoms with van der Waals surface area (Å²) < 4.78 is 35.4. The highest BCUT2D eigenvalue weighted by atomic mass is 19.4. The van der Waals surface area contributed by atoms with E-state index < -0.39 is 18.7 Å². The quantitative estimate of drug-likeness (QED) is 0.820. The lowest BCUT2D eigenvalue weighted by molar-refractivity contribution is -0.140. The molecule has 78 valence electrons. The number of rotatable bonds is 3. The Bertz CT molecular complexity index is 276. The third-order valence-electron chi connectivity index (χ3n) is 1.65. The van der Waals surface area contributed by atoms with Gasteiger partial charge in [0.1, 0.15) is 6.33 Å². The maximum atomic E-state index is 11.8. The van der Waals surface area contributed by atoms with Gasteiger partial charge in [0.2, 0.25) is 0 Å². The molecule has 1 aromatic heterocycles. The number of aliphatic hydroxyl groups excluding tert-OH is 1. The number of hydrogen-bond donors (Lipinski definition) is 1. The van der Waals surface area contributed by atoms with Crippen LogP contribution in [0.2, 0.25) is 0 Å². The third kappa shape index (κ3) is 3.69. The lowest BCUT2D eigenvalue weighted by Gasteiger charge is -2.10. The van der Waals surface area contributed by atoms with Crippen LogP contribution in [-0.2, 0) is 0 Å². The minimum atomic E-state index is -4.24. The Kier molecular flexibility index (Phi) is 3.40. The van der Waals surface area contributed by atoms with Gasteiger partial charge in [-0.1, -0.05) is 0 Å². The van der Waals surface area contributed by atoms with Crippen molar-refractivity contribution in [1.82, 2.24) is 9.97 Å². The van der Waals surface area contributed by atoms with E-state index in [9.17, 15) is 18.3 Å². The molecule has 1 rings (SSSR count). The molecule has 0 aliphatic rings. The molecule has 0 aliphatic carbocycles. The molecule has 0 bridgehead atoms. The van der Waals surface area contributed by atoms with Crippen LogP contribution < -0.4 is 0 Å². The standard InChI is InChI=1S/C8H9F3N2O/c9-8(10,11)3-1-7(14)6-2-4-12-5-13-6/h2,4-5,7,14H,1,3H2. The van der Waals surface area contributed by atoms with Gasteiger partial charge in [-0.05, 0) is 12.5 Å². The van der Waals surface area contributed by atoms with E-state index >= 15 is 0 Å². The molecule has 0 radical (unpaired) electrons. The zero-order valence-electron chi connectivity index (χ0n) is 7.20. The van der Waals surface area contributed by atoms with Crippen molar-refractivity contribution in [2.24, 2.45) is 0 Å². The Labute approximate surface area is 78.6 Å². The summed E-state index contributed by atoms with van der Waals surface area (Å²) >= 11 is 0. The Morgan fingerprint density at radius 1 is 1.43 bits per heavy atom. The van der Waals surface area contributed by atoms with Crippen LogP contribution in [-0.4, -0.2) is 21.3 Å². The highest BCUT2D eigenvalue weighted by Crippen LogP contribution is 2.26. The molecule has 6 heteroatoms. The largest absolute Gasteiger partial charge is 0.389 e. The Morgan fingerprint density at radius 2 is 2.14 bits per heavy atom. The van der Waals surface area contributed by atoms with Crippen LogP contribution in [0.25, 0.3) is 0 Å². The van der Waals surface area contributed by atoms with E-state index in [0.29, 0.717) is 0 Å². The average Bonchev–Trinajstić information content (AvgIpc) is 2.14. The molecule has 1 heterocycles. The Morgan fingerprint density at radius 3 is 2.64 bits per heavy atom. The molecular formula is C8H9F3N2O. The van der Waals surface area contributed by atoms with Crippen LogP contribution in [0.15, 0.2) is 18.6 Å². The van der Waals surface area contributed by atoms with Gasteiger partial charge in [-0.2, -0.15) is 13.2 Å². The maximum Gasteiger partial charge on any atom is 0.389 e. The summed E-state index contributed by atoms with van der Waals surface area (Å²) in [7, 11) is 0. The first-order chi connectivity index (χ1) is 6.49. The fourth-order valence-electron chi connectivity index (χ4n) is 0.946. The molecule has 0 aliphatic heterocycles. The van der Waals surface area contributed by atoms with Crippen LogP contribution in [0.4, 0.5) is 13.2 Å². The zero-order chi connectivity index (χ0) is 10.6. The van der Waals surface area contributed by atoms with Crippen molar-refractivity contribution >= 4 is 0 Å². The van der Waals surface area contributed by atoms with E-state index in [-0.39, 0.29) is 12.1 Å². The van der Waals surface area contributed by atoms with Crippen molar-refractivity contribution in [3.05, 3.63) is 24.3 Å². The molecular weight excluding hydrogens is 197 g/mol. The van der Waals surface area contributed by atoms with Crippen molar-refractivity contribution in [3.8, 4) is 0 Å². The maximum absolute atomic E-state index is 11.8. The summed E-state index contributed by atoms with van der Waals surface area (Å²) in [5.41, 5.74) is 0.212. The van der Waals surface area contributed by atoms with Crippen LogP contribution in [0.1, 0.15) is 24.6 Å². The van der Waals surface area contributed by atoms with E-state index in [1.54, 1.807) is 0 Å². The fourth-order valence-corrected chi connectivity index (χ4v) is 0.946. The van der Waals surface area contributed by atoms with Crippen molar-refractivity contribution in [2.75, 3.05) is 0 Å². The molecule has 0 aromatic carbocycles. The zero-order valence-corrected chi connectivity index (χ0v) is 7.20. The molecule has 0 saturated carbocycles. The van der Waals surface area contributed by atoms with Gasteiger partial charge < -0.3 is 5.11 Å². The molecule has 14 heavy (non-hydrogen) atoms. The summed E-state index contributed by atoms with van der Waals surface area (Å²) in [6.07, 6.45) is -4.25. The second kappa shape index (κ2) is 4.36. The van der Waals surface area contributed by atoms with Crippen molar-refractivity contribution in [1.29, 1.82) is 0 Å². The van der Waals surface area contributed by atoms with Gasteiger partial charge in [0.25, 0.3) is 0 Å². The van der Waals surface area contributed by atoms with Gasteiger partial charge in [-0.25, -0.2) is 9.97 Å². The van der Waals surface area contributed by atoms with Gasteiger partial charge in [0, 0.05) is 12.6 Å². The monoisotopic (exact) mass is 206 g/mol. The van der Waals surface area contributed by atoms with E-state index in [4.69, 9.17) is 0 Å². The van der Waals surface area contributed by atoms with Crippen molar-refractivity contribution < 1.29 is 18.3 Å². The summed E-state index contributed by atoms with van der Waals surface area (Å²) in [4.78, 5) is 7.24. The van der Waals surface area contributed by atoms with Gasteiger partial charge in [0.15, 0.2) is 0 Å². The summed E-state index contributed by atoms with van der Waals surface area (Å²) in [6.45, 7) is 0. The number of aromatic nitrogens is 2. The molecule has 3 nitrogen and oxygen atoms in total. The first-order valence-corrected chi connectivity index (χ1v) is 4.00. The minimum absolute atomic E-state index is 0.212. The molecule has 1 N–H and O–H groups in total. The second-order valence-electron chi connectivity index (χ2n) is 2.80. The van der Waals surface area contributed by atoms with Gasteiger partial charge in [-0.15, -0.1) is 0 Å². The number of halogens is 3. The average molecular weight is 206 g/mol. The van der Waals surface area contributed by atoms with Gasteiger partial charge in [0.05, 0.1) is 11.8 Å². The van der Waals surface area contributed by atoms with Crippen LogP contribution >= 0.6 is 0 Å². The first-order valence-electron chi connectivity index (χ1n) is 4.00. The highest BCUT2D eigenvalue weighted by molar-refractivity contribution is 5.01. The smallest absolute Gasteiger partial charge is 0.387 e. The number of nitrogens with zero attached hydrogens (tertiary/aromatic N) is 2. The van der Waals surface area contributed by atoms with Crippen LogP contribution in [0.5, 0.6) is 0 Å². The van der Waals surface area contributed by atoms with E-state index in [1.165, 1.54) is 18.6 Å². The SMILES string of the molecule is OC(CCC(F)(F)F)c1ccncn1. The van der Waals surface area contributed by atoms with Gasteiger partial charge in [-0.3, -0.25) is 0 Å². The van der Waals surface area contributed by atoms with Crippen molar-refractivity contribution in [2.45, 2.75) is 25.1 Å². The summed E-state index contributed by atoms with van der Waals surface area (Å²) in [5, 5.41) is 9.29. The molecule has 0 saturated heterocycles. The normalized spacial score (nSPS) is 14.0. The predicted octanol–water partition coefficient (Wildman–Crippen LogP) is 1.85. The summed E-state index contributed by atoms with van der Waals surface area (Å²) in [6, 6.07) is 1.39.